The second-order valence-electron chi connectivity index (χ2n) is 7.77. The maximum absolute atomic E-state index is 5.75. The van der Waals surface area contributed by atoms with Crippen molar-refractivity contribution in [2.24, 2.45) is 5.92 Å². The van der Waals surface area contributed by atoms with Crippen LogP contribution in [-0.4, -0.2) is 39.8 Å². The molecular weight excluding hydrogens is 356 g/mol. The summed E-state index contributed by atoms with van der Waals surface area (Å²) in [6.45, 7) is 9.67. The van der Waals surface area contributed by atoms with E-state index in [1.165, 1.54) is 12.8 Å². The molecular formula is C23H38O5. The summed E-state index contributed by atoms with van der Waals surface area (Å²) in [7, 11) is 0. The Morgan fingerprint density at radius 2 is 1.36 bits per heavy atom. The molecule has 5 nitrogen and oxygen atoms in total. The molecule has 1 aromatic carbocycles. The van der Waals surface area contributed by atoms with Gasteiger partial charge < -0.3 is 23.7 Å². The lowest BCUT2D eigenvalue weighted by molar-refractivity contribution is 0.0951. The Morgan fingerprint density at radius 3 is 2.07 bits per heavy atom. The smallest absolute Gasteiger partial charge is 0.231 e. The van der Waals surface area contributed by atoms with E-state index >= 15 is 0 Å². The van der Waals surface area contributed by atoms with Crippen LogP contribution in [0.1, 0.15) is 64.4 Å². The quantitative estimate of drug-likeness (QED) is 0.333. The molecule has 0 radical (unpaired) electrons. The number of fused-ring (bicyclic) bond motifs is 1. The zero-order valence-electron chi connectivity index (χ0n) is 17.8. The molecule has 1 heterocycles. The first kappa shape index (κ1) is 23.0. The number of unbranched alkanes of at least 4 members (excludes halogenated alkanes) is 4. The molecule has 0 bridgehead atoms. The molecule has 1 aromatic rings. The number of benzene rings is 1. The second kappa shape index (κ2) is 14.7. The van der Waals surface area contributed by atoms with Crippen LogP contribution in [-0.2, 0) is 20.8 Å². The predicted octanol–water partition coefficient (Wildman–Crippen LogP) is 5.35. The van der Waals surface area contributed by atoms with E-state index in [1.54, 1.807) is 0 Å². The van der Waals surface area contributed by atoms with Crippen molar-refractivity contribution in [3.05, 3.63) is 23.8 Å². The Bertz CT molecular complexity index is 518. The van der Waals surface area contributed by atoms with Gasteiger partial charge >= 0.3 is 0 Å². The maximum Gasteiger partial charge on any atom is 0.231 e. The fraction of sp³-hybridized carbons (Fsp3) is 0.739. The summed E-state index contributed by atoms with van der Waals surface area (Å²) >= 11 is 0. The third-order valence-electron chi connectivity index (χ3n) is 4.70. The van der Waals surface area contributed by atoms with Crippen molar-refractivity contribution >= 4 is 0 Å². The number of ether oxygens (including phenoxy) is 5. The highest BCUT2D eigenvalue weighted by Gasteiger charge is 2.12. The molecule has 1 aliphatic heterocycles. The van der Waals surface area contributed by atoms with Crippen LogP contribution in [0.3, 0.4) is 0 Å². The molecule has 0 N–H and O–H groups in total. The average molecular weight is 395 g/mol. The van der Waals surface area contributed by atoms with Crippen molar-refractivity contribution in [3.63, 3.8) is 0 Å². The lowest BCUT2D eigenvalue weighted by Gasteiger charge is -2.07. The van der Waals surface area contributed by atoms with E-state index in [0.29, 0.717) is 13.4 Å². The predicted molar refractivity (Wildman–Crippen MR) is 111 cm³/mol. The van der Waals surface area contributed by atoms with E-state index in [2.05, 4.69) is 13.8 Å². The third-order valence-corrected chi connectivity index (χ3v) is 4.70. The molecule has 28 heavy (non-hydrogen) atoms. The molecule has 0 unspecified atom stereocenters. The highest BCUT2D eigenvalue weighted by molar-refractivity contribution is 5.44. The summed E-state index contributed by atoms with van der Waals surface area (Å²) in [4.78, 5) is 0. The van der Waals surface area contributed by atoms with Crippen LogP contribution >= 0.6 is 0 Å². The zero-order chi connectivity index (χ0) is 19.9. The van der Waals surface area contributed by atoms with E-state index in [4.69, 9.17) is 23.7 Å². The highest BCUT2D eigenvalue weighted by Crippen LogP contribution is 2.32. The van der Waals surface area contributed by atoms with Crippen LogP contribution in [0.15, 0.2) is 18.2 Å². The van der Waals surface area contributed by atoms with Crippen LogP contribution in [0.2, 0.25) is 0 Å². The Hall–Kier alpha value is -1.30. The topological polar surface area (TPSA) is 46.2 Å². The Morgan fingerprint density at radius 1 is 0.750 bits per heavy atom. The zero-order valence-corrected chi connectivity index (χ0v) is 17.8. The summed E-state index contributed by atoms with van der Waals surface area (Å²) in [6, 6.07) is 5.97. The number of rotatable bonds is 17. The van der Waals surface area contributed by atoms with Crippen molar-refractivity contribution in [2.75, 3.05) is 39.8 Å². The molecule has 0 fully saturated rings. The van der Waals surface area contributed by atoms with Crippen LogP contribution in [0.4, 0.5) is 0 Å². The van der Waals surface area contributed by atoms with Crippen LogP contribution < -0.4 is 9.47 Å². The average Bonchev–Trinajstić information content (AvgIpc) is 3.15. The van der Waals surface area contributed by atoms with Gasteiger partial charge in [-0.05, 0) is 55.7 Å². The SMILES string of the molecule is CC(C)CCOCCCCOCCCCCCOCc1ccc2c(c1)OCO2. The molecule has 0 amide bonds. The summed E-state index contributed by atoms with van der Waals surface area (Å²) < 4.78 is 27.7. The van der Waals surface area contributed by atoms with Gasteiger partial charge in [0.2, 0.25) is 6.79 Å². The minimum Gasteiger partial charge on any atom is -0.454 e. The summed E-state index contributed by atoms with van der Waals surface area (Å²) in [6.07, 6.45) is 7.96. The van der Waals surface area contributed by atoms with Gasteiger partial charge in [-0.3, -0.25) is 0 Å². The number of hydrogen-bond acceptors (Lipinski definition) is 5. The number of hydrogen-bond donors (Lipinski definition) is 0. The first-order valence-electron chi connectivity index (χ1n) is 10.9. The van der Waals surface area contributed by atoms with Gasteiger partial charge in [0.05, 0.1) is 6.61 Å². The summed E-state index contributed by atoms with van der Waals surface area (Å²) in [5.41, 5.74) is 1.13. The second-order valence-corrected chi connectivity index (χ2v) is 7.77. The molecule has 0 saturated heterocycles. The Kier molecular flexibility index (Phi) is 12.0. The molecule has 0 aromatic heterocycles. The fourth-order valence-electron chi connectivity index (χ4n) is 2.91. The molecule has 0 spiro atoms. The van der Waals surface area contributed by atoms with Gasteiger partial charge in [-0.1, -0.05) is 32.8 Å². The molecule has 5 heteroatoms. The first-order chi connectivity index (χ1) is 13.8. The van der Waals surface area contributed by atoms with Crippen molar-refractivity contribution in [2.45, 2.75) is 65.4 Å². The molecule has 0 saturated carbocycles. The molecule has 0 atom stereocenters. The van der Waals surface area contributed by atoms with Crippen LogP contribution in [0, 0.1) is 5.92 Å². The standard InChI is InChI=1S/C23H38O5/c1-20(2)11-16-25-14-8-7-13-24-12-5-3-4-6-15-26-18-21-9-10-22-23(17-21)28-19-27-22/h9-10,17,20H,3-8,11-16,18-19H2,1-2H3. The largest absolute Gasteiger partial charge is 0.454 e. The molecule has 0 aliphatic carbocycles. The van der Waals surface area contributed by atoms with E-state index < -0.39 is 0 Å². The van der Waals surface area contributed by atoms with Crippen LogP contribution in [0.25, 0.3) is 0 Å². The monoisotopic (exact) mass is 394 g/mol. The first-order valence-corrected chi connectivity index (χ1v) is 10.9. The maximum atomic E-state index is 5.75. The Balaban J connectivity index is 1.29. The van der Waals surface area contributed by atoms with Gasteiger partial charge in [0.25, 0.3) is 0 Å². The molecule has 160 valence electrons. The van der Waals surface area contributed by atoms with E-state index in [0.717, 1.165) is 88.1 Å². The highest BCUT2D eigenvalue weighted by atomic mass is 16.7. The fourth-order valence-corrected chi connectivity index (χ4v) is 2.91. The van der Waals surface area contributed by atoms with Crippen molar-refractivity contribution < 1.29 is 23.7 Å². The van der Waals surface area contributed by atoms with E-state index in [-0.39, 0.29) is 0 Å². The molecule has 2 rings (SSSR count). The van der Waals surface area contributed by atoms with Crippen LogP contribution in [0.5, 0.6) is 11.5 Å². The van der Waals surface area contributed by atoms with Gasteiger partial charge in [-0.25, -0.2) is 0 Å². The third kappa shape index (κ3) is 10.3. The van der Waals surface area contributed by atoms with Gasteiger partial charge in [0.15, 0.2) is 11.5 Å². The van der Waals surface area contributed by atoms with Crippen molar-refractivity contribution in [3.8, 4) is 11.5 Å². The minimum atomic E-state index is 0.316. The van der Waals surface area contributed by atoms with Gasteiger partial charge in [0, 0.05) is 33.0 Å². The van der Waals surface area contributed by atoms with Crippen molar-refractivity contribution in [1.29, 1.82) is 0 Å². The minimum absolute atomic E-state index is 0.316. The molecule has 1 aliphatic rings. The lowest BCUT2D eigenvalue weighted by Crippen LogP contribution is -2.03. The van der Waals surface area contributed by atoms with Gasteiger partial charge in [-0.15, -0.1) is 0 Å². The van der Waals surface area contributed by atoms with E-state index in [1.807, 2.05) is 18.2 Å². The Labute approximate surface area is 170 Å². The summed E-state index contributed by atoms with van der Waals surface area (Å²) in [5.74, 6) is 2.37. The van der Waals surface area contributed by atoms with Gasteiger partial charge in [0.1, 0.15) is 0 Å². The summed E-state index contributed by atoms with van der Waals surface area (Å²) in [5, 5.41) is 0. The lowest BCUT2D eigenvalue weighted by atomic mass is 10.1. The van der Waals surface area contributed by atoms with Crippen molar-refractivity contribution in [1.82, 2.24) is 0 Å². The normalized spacial score (nSPS) is 12.8. The van der Waals surface area contributed by atoms with Gasteiger partial charge in [-0.2, -0.15) is 0 Å². The van der Waals surface area contributed by atoms with E-state index in [9.17, 15) is 0 Å².